The number of carbonyl (C=O) groups excluding carboxylic acids is 2. The van der Waals surface area contributed by atoms with Crippen LogP contribution in [0.3, 0.4) is 0 Å². The minimum absolute atomic E-state index is 0.162. The zero-order valence-electron chi connectivity index (χ0n) is 17.9. The smallest absolute Gasteiger partial charge is 0.251 e. The average molecular weight is 492 g/mol. The van der Waals surface area contributed by atoms with Crippen molar-refractivity contribution in [2.75, 3.05) is 11.1 Å². The van der Waals surface area contributed by atoms with Crippen molar-refractivity contribution in [1.29, 1.82) is 0 Å². The number of nitrogens with zero attached hydrogens (tertiary/aromatic N) is 3. The van der Waals surface area contributed by atoms with Gasteiger partial charge in [0.15, 0.2) is 11.0 Å². The predicted molar refractivity (Wildman–Crippen MR) is 129 cm³/mol. The van der Waals surface area contributed by atoms with E-state index in [0.717, 1.165) is 5.56 Å². The number of aryl methyl sites for hydroxylation is 1. The van der Waals surface area contributed by atoms with Gasteiger partial charge < -0.3 is 15.2 Å². The molecule has 2 N–H and O–H groups in total. The molecule has 32 heavy (non-hydrogen) atoms. The van der Waals surface area contributed by atoms with Gasteiger partial charge in [-0.2, -0.15) is 0 Å². The van der Waals surface area contributed by atoms with Gasteiger partial charge in [0.1, 0.15) is 0 Å². The van der Waals surface area contributed by atoms with Gasteiger partial charge in [0.05, 0.1) is 11.8 Å². The Balaban J connectivity index is 1.63. The third kappa shape index (κ3) is 6.03. The van der Waals surface area contributed by atoms with Crippen molar-refractivity contribution in [3.05, 3.63) is 69.5 Å². The molecule has 168 valence electrons. The Morgan fingerprint density at radius 1 is 1.09 bits per heavy atom. The van der Waals surface area contributed by atoms with Crippen molar-refractivity contribution in [3.63, 3.8) is 0 Å². The molecule has 1 heterocycles. The average Bonchev–Trinajstić information content (AvgIpc) is 3.18. The van der Waals surface area contributed by atoms with Crippen LogP contribution in [0.25, 0.3) is 0 Å². The lowest BCUT2D eigenvalue weighted by atomic mass is 10.2. The second-order valence-electron chi connectivity index (χ2n) is 7.08. The fraction of sp³-hybridized carbons (Fsp3) is 0.273. The fourth-order valence-corrected chi connectivity index (χ4v) is 4.12. The normalized spacial score (nSPS) is 11.8. The van der Waals surface area contributed by atoms with Gasteiger partial charge in [-0.3, -0.25) is 9.59 Å². The Kier molecular flexibility index (Phi) is 8.17. The van der Waals surface area contributed by atoms with Crippen LogP contribution >= 0.6 is 35.0 Å². The van der Waals surface area contributed by atoms with E-state index in [4.69, 9.17) is 23.2 Å². The van der Waals surface area contributed by atoms with Crippen LogP contribution in [0.2, 0.25) is 10.0 Å². The van der Waals surface area contributed by atoms with Gasteiger partial charge in [-0.25, -0.2) is 0 Å². The van der Waals surface area contributed by atoms with Crippen molar-refractivity contribution in [2.45, 2.75) is 38.5 Å². The number of hydrogen-bond donors (Lipinski definition) is 2. The fourth-order valence-electron chi connectivity index (χ4n) is 3.02. The molecule has 2 amide bonds. The van der Waals surface area contributed by atoms with Crippen LogP contribution in [0, 0.1) is 6.92 Å². The molecule has 0 bridgehead atoms. The molecule has 0 radical (unpaired) electrons. The summed E-state index contributed by atoms with van der Waals surface area (Å²) < 4.78 is 1.88. The molecule has 3 rings (SSSR count). The minimum atomic E-state index is -0.372. The lowest BCUT2D eigenvalue weighted by Gasteiger charge is -2.15. The van der Waals surface area contributed by atoms with Gasteiger partial charge in [0, 0.05) is 27.8 Å². The molecule has 0 saturated heterocycles. The minimum Gasteiger partial charge on any atom is -0.342 e. The molecule has 1 aromatic heterocycles. The molecule has 10 heteroatoms. The van der Waals surface area contributed by atoms with E-state index in [-0.39, 0.29) is 23.6 Å². The van der Waals surface area contributed by atoms with E-state index < -0.39 is 0 Å². The second kappa shape index (κ2) is 10.8. The molecular formula is C22H23Cl2N5O2S. The van der Waals surface area contributed by atoms with E-state index in [1.807, 2.05) is 31.4 Å². The van der Waals surface area contributed by atoms with Crippen LogP contribution in [-0.4, -0.2) is 32.3 Å². The Morgan fingerprint density at radius 3 is 2.47 bits per heavy atom. The van der Waals surface area contributed by atoms with Crippen LogP contribution in [0.4, 0.5) is 5.69 Å². The summed E-state index contributed by atoms with van der Waals surface area (Å²) in [5.41, 5.74) is 2.11. The van der Waals surface area contributed by atoms with Crippen LogP contribution in [-0.2, 0) is 11.3 Å². The number of aromatic nitrogens is 3. The zero-order valence-corrected chi connectivity index (χ0v) is 20.2. The number of hydrogen-bond acceptors (Lipinski definition) is 5. The quantitative estimate of drug-likeness (QED) is 0.426. The Labute approximate surface area is 200 Å². The summed E-state index contributed by atoms with van der Waals surface area (Å²) >= 11 is 13.2. The van der Waals surface area contributed by atoms with Gasteiger partial charge in [-0.15, -0.1) is 10.2 Å². The maximum absolute atomic E-state index is 12.5. The first kappa shape index (κ1) is 24.1. The van der Waals surface area contributed by atoms with E-state index in [0.29, 0.717) is 38.8 Å². The highest BCUT2D eigenvalue weighted by molar-refractivity contribution is 7.99. The van der Waals surface area contributed by atoms with Crippen LogP contribution in [0.15, 0.2) is 47.6 Å². The van der Waals surface area contributed by atoms with Crippen molar-refractivity contribution in [2.24, 2.45) is 0 Å². The summed E-state index contributed by atoms with van der Waals surface area (Å²) in [6.07, 6.45) is 0. The maximum atomic E-state index is 12.5. The van der Waals surface area contributed by atoms with E-state index in [1.54, 1.807) is 36.4 Å². The number of nitrogens with one attached hydrogen (secondary N) is 2. The summed E-state index contributed by atoms with van der Waals surface area (Å²) in [7, 11) is 0. The number of amides is 2. The summed E-state index contributed by atoms with van der Waals surface area (Å²) in [6.45, 7) is 6.30. The van der Waals surface area contributed by atoms with E-state index in [1.165, 1.54) is 11.8 Å². The van der Waals surface area contributed by atoms with Crippen molar-refractivity contribution in [3.8, 4) is 0 Å². The van der Waals surface area contributed by atoms with Crippen molar-refractivity contribution in [1.82, 2.24) is 20.1 Å². The molecule has 0 aliphatic heterocycles. The highest BCUT2D eigenvalue weighted by atomic mass is 35.5. The molecule has 3 aromatic rings. The number of anilines is 1. The molecule has 7 nitrogen and oxygen atoms in total. The third-order valence-electron chi connectivity index (χ3n) is 4.71. The Bertz CT molecular complexity index is 1120. The molecule has 0 aliphatic rings. The first-order valence-electron chi connectivity index (χ1n) is 9.96. The number of benzene rings is 2. The first-order chi connectivity index (χ1) is 15.3. The van der Waals surface area contributed by atoms with Crippen molar-refractivity contribution < 1.29 is 9.59 Å². The van der Waals surface area contributed by atoms with Crippen LogP contribution in [0.5, 0.6) is 0 Å². The van der Waals surface area contributed by atoms with E-state index in [9.17, 15) is 9.59 Å². The highest BCUT2D eigenvalue weighted by Gasteiger charge is 2.20. The monoisotopic (exact) mass is 491 g/mol. The Morgan fingerprint density at radius 2 is 1.78 bits per heavy atom. The molecule has 0 saturated carbocycles. The summed E-state index contributed by atoms with van der Waals surface area (Å²) in [4.78, 5) is 24.9. The molecule has 0 unspecified atom stereocenters. The van der Waals surface area contributed by atoms with Gasteiger partial charge in [-0.05, 0) is 62.7 Å². The van der Waals surface area contributed by atoms with Gasteiger partial charge in [-0.1, -0.05) is 41.0 Å². The van der Waals surface area contributed by atoms with Gasteiger partial charge >= 0.3 is 0 Å². The molecule has 0 spiro atoms. The molecule has 2 aromatic carbocycles. The van der Waals surface area contributed by atoms with Gasteiger partial charge in [0.25, 0.3) is 5.91 Å². The van der Waals surface area contributed by atoms with Gasteiger partial charge in [0.2, 0.25) is 5.91 Å². The largest absolute Gasteiger partial charge is 0.342 e. The standard InChI is InChI=1S/C22H23Cl2N5O2S/c1-4-29-20(14(3)25-21(31)15-6-9-16(23)10-7-15)27-28-22(29)32-12-19(30)26-18-11-17(24)8-5-13(18)2/h5-11,14H,4,12H2,1-3H3,(H,25,31)(H,26,30)/t14-/m1/s1. The lowest BCUT2D eigenvalue weighted by Crippen LogP contribution is -2.28. The molecule has 0 aliphatic carbocycles. The van der Waals surface area contributed by atoms with E-state index in [2.05, 4.69) is 20.8 Å². The van der Waals surface area contributed by atoms with Crippen LogP contribution in [0.1, 0.15) is 41.6 Å². The lowest BCUT2D eigenvalue weighted by molar-refractivity contribution is -0.113. The van der Waals surface area contributed by atoms with Crippen LogP contribution < -0.4 is 10.6 Å². The summed E-state index contributed by atoms with van der Waals surface area (Å²) in [6, 6.07) is 11.6. The number of rotatable bonds is 8. The van der Waals surface area contributed by atoms with E-state index >= 15 is 0 Å². The van der Waals surface area contributed by atoms with Crippen molar-refractivity contribution >= 4 is 52.5 Å². The summed E-state index contributed by atoms with van der Waals surface area (Å²) in [5.74, 6) is 0.376. The Hall–Kier alpha value is -2.55. The topological polar surface area (TPSA) is 88.9 Å². The predicted octanol–water partition coefficient (Wildman–Crippen LogP) is 5.14. The second-order valence-corrected chi connectivity index (χ2v) is 8.90. The SMILES string of the molecule is CCn1c(SCC(=O)Nc2cc(Cl)ccc2C)nnc1[C@@H](C)NC(=O)c1ccc(Cl)cc1. The maximum Gasteiger partial charge on any atom is 0.251 e. The zero-order chi connectivity index (χ0) is 23.3. The molecule has 0 fully saturated rings. The highest BCUT2D eigenvalue weighted by Crippen LogP contribution is 2.23. The number of carbonyl (C=O) groups is 2. The third-order valence-corrected chi connectivity index (χ3v) is 6.16. The number of halogens is 2. The molecular weight excluding hydrogens is 469 g/mol. The number of thioether (sulfide) groups is 1. The summed E-state index contributed by atoms with van der Waals surface area (Å²) in [5, 5.41) is 16.0. The molecule has 1 atom stereocenters. The first-order valence-corrected chi connectivity index (χ1v) is 11.7.